The molecule has 0 saturated carbocycles. The van der Waals surface area contributed by atoms with E-state index in [4.69, 9.17) is 0 Å². The SMILES string of the molecule is Cc1cn[nH]c1[C@@H]1CCN(C(=O)c2ccc3c(c2)CCCC3)C1. The van der Waals surface area contributed by atoms with Gasteiger partial charge in [-0.25, -0.2) is 0 Å². The van der Waals surface area contributed by atoms with E-state index < -0.39 is 0 Å². The van der Waals surface area contributed by atoms with Gasteiger partial charge < -0.3 is 4.90 Å². The first-order chi connectivity index (χ1) is 11.2. The zero-order chi connectivity index (χ0) is 15.8. The number of nitrogens with one attached hydrogen (secondary N) is 1. The first-order valence-corrected chi connectivity index (χ1v) is 8.63. The number of hydrogen-bond acceptors (Lipinski definition) is 2. The second-order valence-electron chi connectivity index (χ2n) is 6.89. The van der Waals surface area contributed by atoms with Crippen LogP contribution in [-0.4, -0.2) is 34.1 Å². The lowest BCUT2D eigenvalue weighted by Crippen LogP contribution is -2.28. The average Bonchev–Trinajstić information content (AvgIpc) is 3.22. The number of likely N-dealkylation sites (tertiary alicyclic amines) is 1. The second kappa shape index (κ2) is 5.84. The van der Waals surface area contributed by atoms with Crippen LogP contribution in [0.1, 0.15) is 57.9 Å². The molecule has 0 unspecified atom stereocenters. The van der Waals surface area contributed by atoms with E-state index >= 15 is 0 Å². The zero-order valence-corrected chi connectivity index (χ0v) is 13.6. The fourth-order valence-corrected chi connectivity index (χ4v) is 4.00. The van der Waals surface area contributed by atoms with Crippen molar-refractivity contribution < 1.29 is 4.79 Å². The molecule has 1 saturated heterocycles. The maximum Gasteiger partial charge on any atom is 0.253 e. The van der Waals surface area contributed by atoms with Crippen molar-refractivity contribution in [2.75, 3.05) is 13.1 Å². The van der Waals surface area contributed by atoms with Gasteiger partial charge in [-0.15, -0.1) is 0 Å². The molecule has 23 heavy (non-hydrogen) atoms. The van der Waals surface area contributed by atoms with Gasteiger partial charge in [0.1, 0.15) is 0 Å². The third-order valence-corrected chi connectivity index (χ3v) is 5.35. The molecule has 1 aliphatic carbocycles. The van der Waals surface area contributed by atoms with Gasteiger partial charge in [0, 0.05) is 30.3 Å². The van der Waals surface area contributed by atoms with Crippen LogP contribution in [0.5, 0.6) is 0 Å². The van der Waals surface area contributed by atoms with Crippen molar-refractivity contribution in [2.45, 2.75) is 44.9 Å². The number of rotatable bonds is 2. The fraction of sp³-hybridized carbons (Fsp3) is 0.474. The minimum Gasteiger partial charge on any atom is -0.338 e. The van der Waals surface area contributed by atoms with Crippen LogP contribution < -0.4 is 0 Å². The van der Waals surface area contributed by atoms with Crippen molar-refractivity contribution >= 4 is 5.91 Å². The number of aryl methyl sites for hydroxylation is 3. The van der Waals surface area contributed by atoms with Crippen LogP contribution >= 0.6 is 0 Å². The van der Waals surface area contributed by atoms with E-state index in [2.05, 4.69) is 29.3 Å². The van der Waals surface area contributed by atoms with Crippen LogP contribution in [-0.2, 0) is 12.8 Å². The molecule has 0 radical (unpaired) electrons. The fourth-order valence-electron chi connectivity index (χ4n) is 4.00. The highest BCUT2D eigenvalue weighted by atomic mass is 16.2. The summed E-state index contributed by atoms with van der Waals surface area (Å²) in [6, 6.07) is 6.31. The molecule has 0 bridgehead atoms. The highest BCUT2D eigenvalue weighted by Crippen LogP contribution is 2.29. The Morgan fingerprint density at radius 1 is 1.26 bits per heavy atom. The van der Waals surface area contributed by atoms with E-state index in [9.17, 15) is 4.79 Å². The molecule has 1 aromatic heterocycles. The molecule has 1 amide bonds. The number of H-pyrrole nitrogens is 1. The quantitative estimate of drug-likeness (QED) is 0.926. The van der Waals surface area contributed by atoms with Crippen molar-refractivity contribution in [1.29, 1.82) is 0 Å². The lowest BCUT2D eigenvalue weighted by molar-refractivity contribution is 0.0790. The molecule has 1 aliphatic heterocycles. The second-order valence-corrected chi connectivity index (χ2v) is 6.89. The summed E-state index contributed by atoms with van der Waals surface area (Å²) in [6.07, 6.45) is 7.68. The van der Waals surface area contributed by atoms with Crippen molar-refractivity contribution in [1.82, 2.24) is 15.1 Å². The Bertz CT molecular complexity index is 734. The Hall–Kier alpha value is -2.10. The minimum atomic E-state index is 0.179. The van der Waals surface area contributed by atoms with Crippen LogP contribution in [0.15, 0.2) is 24.4 Å². The van der Waals surface area contributed by atoms with Gasteiger partial charge in [0.2, 0.25) is 0 Å². The van der Waals surface area contributed by atoms with Crippen molar-refractivity contribution in [2.24, 2.45) is 0 Å². The third kappa shape index (κ3) is 2.67. The van der Waals surface area contributed by atoms with Crippen LogP contribution in [0.25, 0.3) is 0 Å². The molecular weight excluding hydrogens is 286 g/mol. The average molecular weight is 309 g/mol. The van der Waals surface area contributed by atoms with E-state index in [0.29, 0.717) is 5.92 Å². The monoisotopic (exact) mass is 309 g/mol. The summed E-state index contributed by atoms with van der Waals surface area (Å²) >= 11 is 0. The van der Waals surface area contributed by atoms with Crippen molar-refractivity contribution in [3.63, 3.8) is 0 Å². The molecule has 4 rings (SSSR count). The maximum absolute atomic E-state index is 12.8. The topological polar surface area (TPSA) is 49.0 Å². The highest BCUT2D eigenvalue weighted by molar-refractivity contribution is 5.94. The molecular formula is C19H23N3O. The van der Waals surface area contributed by atoms with Gasteiger partial charge in [0.15, 0.2) is 0 Å². The van der Waals surface area contributed by atoms with Crippen LogP contribution in [0.3, 0.4) is 0 Å². The predicted molar refractivity (Wildman–Crippen MR) is 89.7 cm³/mol. The smallest absolute Gasteiger partial charge is 0.253 e. The Labute approximate surface area is 136 Å². The number of fused-ring (bicyclic) bond motifs is 1. The number of benzene rings is 1. The molecule has 1 aromatic carbocycles. The largest absolute Gasteiger partial charge is 0.338 e. The zero-order valence-electron chi connectivity index (χ0n) is 13.6. The normalized spacial score (nSPS) is 20.6. The van der Waals surface area contributed by atoms with Crippen molar-refractivity contribution in [3.8, 4) is 0 Å². The highest BCUT2D eigenvalue weighted by Gasteiger charge is 2.30. The van der Waals surface area contributed by atoms with Crippen LogP contribution in [0, 0.1) is 6.92 Å². The van der Waals surface area contributed by atoms with Gasteiger partial charge >= 0.3 is 0 Å². The van der Waals surface area contributed by atoms with Gasteiger partial charge in [-0.05, 0) is 67.9 Å². The van der Waals surface area contributed by atoms with Crippen LogP contribution in [0.2, 0.25) is 0 Å². The number of carbonyl (C=O) groups excluding carboxylic acids is 1. The summed E-state index contributed by atoms with van der Waals surface area (Å²) in [5, 5.41) is 7.21. The first kappa shape index (κ1) is 14.5. The van der Waals surface area contributed by atoms with Gasteiger partial charge in [-0.3, -0.25) is 9.89 Å². The van der Waals surface area contributed by atoms with Gasteiger partial charge in [0.25, 0.3) is 5.91 Å². The standard InChI is InChI=1S/C19H23N3O/c1-13-11-20-21-18(13)17-8-9-22(12-17)19(23)16-7-6-14-4-2-3-5-15(14)10-16/h6-7,10-11,17H,2-5,8-9,12H2,1H3,(H,20,21)/t17-/m1/s1. The van der Waals surface area contributed by atoms with E-state index in [0.717, 1.165) is 37.9 Å². The molecule has 120 valence electrons. The Kier molecular flexibility index (Phi) is 3.68. The van der Waals surface area contributed by atoms with Gasteiger partial charge in [-0.1, -0.05) is 6.07 Å². The Morgan fingerprint density at radius 3 is 2.87 bits per heavy atom. The summed E-state index contributed by atoms with van der Waals surface area (Å²) < 4.78 is 0. The molecule has 2 aromatic rings. The number of hydrogen-bond donors (Lipinski definition) is 1. The summed E-state index contributed by atoms with van der Waals surface area (Å²) in [6.45, 7) is 3.70. The first-order valence-electron chi connectivity index (χ1n) is 8.63. The number of aromatic amines is 1. The minimum absolute atomic E-state index is 0.179. The molecule has 2 heterocycles. The molecule has 1 fully saturated rings. The summed E-state index contributed by atoms with van der Waals surface area (Å²) in [4.78, 5) is 14.8. The number of aromatic nitrogens is 2. The van der Waals surface area contributed by atoms with Gasteiger partial charge in [0.05, 0.1) is 6.20 Å². The summed E-state index contributed by atoms with van der Waals surface area (Å²) in [5.74, 6) is 0.567. The summed E-state index contributed by atoms with van der Waals surface area (Å²) in [5.41, 5.74) is 6.04. The van der Waals surface area contributed by atoms with E-state index in [1.54, 1.807) is 0 Å². The van der Waals surface area contributed by atoms with Crippen LogP contribution in [0.4, 0.5) is 0 Å². The molecule has 0 spiro atoms. The maximum atomic E-state index is 12.8. The predicted octanol–water partition coefficient (Wildman–Crippen LogP) is 3.23. The molecule has 4 heteroatoms. The van der Waals surface area contributed by atoms with Crippen molar-refractivity contribution in [3.05, 3.63) is 52.3 Å². The molecule has 2 aliphatic rings. The Morgan fingerprint density at radius 2 is 2.09 bits per heavy atom. The third-order valence-electron chi connectivity index (χ3n) is 5.35. The lowest BCUT2D eigenvalue weighted by Gasteiger charge is -2.20. The number of carbonyl (C=O) groups is 1. The van der Waals surface area contributed by atoms with E-state index in [1.165, 1.54) is 35.2 Å². The lowest BCUT2D eigenvalue weighted by atomic mass is 9.90. The number of nitrogens with zero attached hydrogens (tertiary/aromatic N) is 2. The van der Waals surface area contributed by atoms with Gasteiger partial charge in [-0.2, -0.15) is 5.10 Å². The molecule has 1 atom stereocenters. The summed E-state index contributed by atoms with van der Waals surface area (Å²) in [7, 11) is 0. The Balaban J connectivity index is 1.51. The molecule has 4 nitrogen and oxygen atoms in total. The van der Waals surface area contributed by atoms with E-state index in [-0.39, 0.29) is 5.91 Å². The van der Waals surface area contributed by atoms with E-state index in [1.807, 2.05) is 17.2 Å². The number of amides is 1. The molecule has 1 N–H and O–H groups in total.